The van der Waals surface area contributed by atoms with Gasteiger partial charge in [-0.3, -0.25) is 9.69 Å². The zero-order valence-corrected chi connectivity index (χ0v) is 12.2. The van der Waals surface area contributed by atoms with Crippen LogP contribution in [0, 0.1) is 0 Å². The monoisotopic (exact) mass is 313 g/mol. The molecule has 0 atom stereocenters. The largest absolute Gasteiger partial charge is 0.325 e. The summed E-state index contributed by atoms with van der Waals surface area (Å²) in [4.78, 5) is 29.7. The van der Waals surface area contributed by atoms with Crippen molar-refractivity contribution in [3.05, 3.63) is 28.0 Å². The van der Waals surface area contributed by atoms with E-state index in [1.807, 2.05) is 0 Å². The molecule has 1 aliphatic heterocycles. The van der Waals surface area contributed by atoms with Crippen molar-refractivity contribution in [2.75, 3.05) is 0 Å². The van der Waals surface area contributed by atoms with Crippen LogP contribution < -0.4 is 5.32 Å². The highest BCUT2D eigenvalue weighted by molar-refractivity contribution is 6.34. The lowest BCUT2D eigenvalue weighted by molar-refractivity contribution is -0.131. The van der Waals surface area contributed by atoms with Crippen LogP contribution in [0.25, 0.3) is 0 Å². The average Bonchev–Trinajstić information content (AvgIpc) is 2.94. The van der Waals surface area contributed by atoms with Crippen LogP contribution in [0.1, 0.15) is 31.2 Å². The molecule has 1 saturated carbocycles. The van der Waals surface area contributed by atoms with E-state index in [4.69, 9.17) is 23.2 Å². The van der Waals surface area contributed by atoms with Gasteiger partial charge in [0.1, 0.15) is 10.7 Å². The van der Waals surface area contributed by atoms with Gasteiger partial charge in [-0.1, -0.05) is 36.0 Å². The van der Waals surface area contributed by atoms with Crippen LogP contribution in [0.3, 0.4) is 0 Å². The number of carbonyl (C=O) groups excluding carboxylic acids is 2. The van der Waals surface area contributed by atoms with Crippen LogP contribution in [-0.2, 0) is 11.3 Å². The molecule has 3 rings (SSSR count). The molecule has 0 radical (unpaired) electrons. The Morgan fingerprint density at radius 3 is 2.65 bits per heavy atom. The maximum absolute atomic E-state index is 12.5. The molecule has 1 N–H and O–H groups in total. The lowest BCUT2D eigenvalue weighted by atomic mass is 9.98. The second-order valence-electron chi connectivity index (χ2n) is 5.21. The van der Waals surface area contributed by atoms with E-state index in [9.17, 15) is 9.59 Å². The molecule has 0 bridgehead atoms. The summed E-state index contributed by atoms with van der Waals surface area (Å²) in [5.41, 5.74) is -0.0849. The second-order valence-corrected chi connectivity index (χ2v) is 6.00. The van der Waals surface area contributed by atoms with Gasteiger partial charge >= 0.3 is 6.03 Å². The average molecular weight is 314 g/mol. The van der Waals surface area contributed by atoms with Crippen LogP contribution >= 0.6 is 23.2 Å². The standard InChI is InChI=1S/C13H13Cl2N3O2/c14-9-5-10(15)16-6-8(9)7-18-11(19)13(17-12(18)20)3-1-2-4-13/h5-6H,1-4,7H2,(H,17,20). The third kappa shape index (κ3) is 2.15. The summed E-state index contributed by atoms with van der Waals surface area (Å²) in [5.74, 6) is -0.161. The molecule has 1 spiro atoms. The minimum atomic E-state index is -0.691. The van der Waals surface area contributed by atoms with E-state index in [0.717, 1.165) is 12.8 Å². The van der Waals surface area contributed by atoms with E-state index < -0.39 is 5.54 Å². The molecule has 3 amide bonds. The Labute approximate surface area is 126 Å². The molecule has 5 nitrogen and oxygen atoms in total. The number of urea groups is 1. The van der Waals surface area contributed by atoms with Gasteiger partial charge in [0, 0.05) is 11.8 Å². The van der Waals surface area contributed by atoms with Crippen molar-refractivity contribution in [2.24, 2.45) is 0 Å². The lowest BCUT2D eigenvalue weighted by Crippen LogP contribution is -2.44. The van der Waals surface area contributed by atoms with Crippen molar-refractivity contribution >= 4 is 35.1 Å². The van der Waals surface area contributed by atoms with E-state index in [1.165, 1.54) is 17.2 Å². The van der Waals surface area contributed by atoms with Crippen molar-refractivity contribution in [1.82, 2.24) is 15.2 Å². The van der Waals surface area contributed by atoms with Crippen molar-refractivity contribution in [1.29, 1.82) is 0 Å². The summed E-state index contributed by atoms with van der Waals surface area (Å²) in [6, 6.07) is 1.14. The molecule has 1 aromatic rings. The fourth-order valence-electron chi connectivity index (χ4n) is 2.86. The maximum atomic E-state index is 12.5. The second kappa shape index (κ2) is 4.90. The fourth-order valence-corrected chi connectivity index (χ4v) is 3.29. The van der Waals surface area contributed by atoms with Crippen molar-refractivity contribution in [2.45, 2.75) is 37.8 Å². The number of amides is 3. The SMILES string of the molecule is O=C1NC2(CCCC2)C(=O)N1Cc1cnc(Cl)cc1Cl. The number of aromatic nitrogens is 1. The molecule has 0 aromatic carbocycles. The van der Waals surface area contributed by atoms with Crippen LogP contribution in [0.15, 0.2) is 12.3 Å². The summed E-state index contributed by atoms with van der Waals surface area (Å²) in [6.45, 7) is 0.120. The number of hydrogen-bond donors (Lipinski definition) is 1. The predicted octanol–water partition coefficient (Wildman–Crippen LogP) is 2.75. The van der Waals surface area contributed by atoms with Gasteiger partial charge < -0.3 is 5.32 Å². The third-order valence-corrected chi connectivity index (χ3v) is 4.49. The summed E-state index contributed by atoms with van der Waals surface area (Å²) < 4.78 is 0. The fraction of sp³-hybridized carbons (Fsp3) is 0.462. The van der Waals surface area contributed by atoms with E-state index in [0.29, 0.717) is 23.4 Å². The Bertz CT molecular complexity index is 585. The first kappa shape index (κ1) is 13.6. The zero-order valence-electron chi connectivity index (χ0n) is 10.7. The molecule has 0 unspecified atom stereocenters. The molecule has 2 aliphatic rings. The third-order valence-electron chi connectivity index (χ3n) is 3.93. The smallest absolute Gasteiger partial charge is 0.323 e. The van der Waals surface area contributed by atoms with E-state index in [1.54, 1.807) is 0 Å². The number of carbonyl (C=O) groups is 2. The first-order chi connectivity index (χ1) is 9.52. The predicted molar refractivity (Wildman–Crippen MR) is 74.5 cm³/mol. The van der Waals surface area contributed by atoms with Gasteiger partial charge in [-0.15, -0.1) is 0 Å². The van der Waals surface area contributed by atoms with Gasteiger partial charge in [0.05, 0.1) is 11.6 Å². The molecule has 2 heterocycles. The number of pyridine rings is 1. The number of nitrogens with one attached hydrogen (secondary N) is 1. The molecular weight excluding hydrogens is 301 g/mol. The maximum Gasteiger partial charge on any atom is 0.325 e. The summed E-state index contributed by atoms with van der Waals surface area (Å²) in [7, 11) is 0. The molecule has 1 saturated heterocycles. The lowest BCUT2D eigenvalue weighted by Gasteiger charge is -2.20. The van der Waals surface area contributed by atoms with Crippen LogP contribution in [0.4, 0.5) is 4.79 Å². The Balaban J connectivity index is 1.84. The van der Waals surface area contributed by atoms with Crippen molar-refractivity contribution in [3.8, 4) is 0 Å². The van der Waals surface area contributed by atoms with Gasteiger partial charge in [0.25, 0.3) is 5.91 Å². The number of nitrogens with zero attached hydrogens (tertiary/aromatic N) is 2. The first-order valence-corrected chi connectivity index (χ1v) is 7.21. The van der Waals surface area contributed by atoms with E-state index >= 15 is 0 Å². The summed E-state index contributed by atoms with van der Waals surface area (Å²) in [6.07, 6.45) is 4.83. The number of hydrogen-bond acceptors (Lipinski definition) is 3. The highest BCUT2D eigenvalue weighted by atomic mass is 35.5. The normalized spacial score (nSPS) is 20.8. The number of halogens is 2. The van der Waals surface area contributed by atoms with Gasteiger partial charge in [0.2, 0.25) is 0 Å². The van der Waals surface area contributed by atoms with E-state index in [2.05, 4.69) is 10.3 Å². The van der Waals surface area contributed by atoms with Crippen LogP contribution in [-0.4, -0.2) is 27.4 Å². The first-order valence-electron chi connectivity index (χ1n) is 6.46. The highest BCUT2D eigenvalue weighted by Gasteiger charge is 2.52. The van der Waals surface area contributed by atoms with Gasteiger partial charge in [0.15, 0.2) is 0 Å². The molecule has 1 aromatic heterocycles. The Morgan fingerprint density at radius 1 is 1.30 bits per heavy atom. The molecule has 20 heavy (non-hydrogen) atoms. The molecule has 106 valence electrons. The Morgan fingerprint density at radius 2 is 2.00 bits per heavy atom. The number of rotatable bonds is 2. The zero-order chi connectivity index (χ0) is 14.3. The highest BCUT2D eigenvalue weighted by Crippen LogP contribution is 2.36. The molecule has 1 aliphatic carbocycles. The molecule has 2 fully saturated rings. The van der Waals surface area contributed by atoms with E-state index in [-0.39, 0.29) is 23.6 Å². The van der Waals surface area contributed by atoms with Gasteiger partial charge in [-0.25, -0.2) is 9.78 Å². The van der Waals surface area contributed by atoms with Crippen molar-refractivity contribution in [3.63, 3.8) is 0 Å². The van der Waals surface area contributed by atoms with Gasteiger partial charge in [-0.2, -0.15) is 0 Å². The Kier molecular flexibility index (Phi) is 3.34. The molecule has 7 heteroatoms. The van der Waals surface area contributed by atoms with Crippen LogP contribution in [0.2, 0.25) is 10.2 Å². The topological polar surface area (TPSA) is 62.3 Å². The van der Waals surface area contributed by atoms with Gasteiger partial charge in [-0.05, 0) is 18.9 Å². The minimum Gasteiger partial charge on any atom is -0.323 e. The Hall–Kier alpha value is -1.33. The van der Waals surface area contributed by atoms with Crippen molar-refractivity contribution < 1.29 is 9.59 Å². The quantitative estimate of drug-likeness (QED) is 0.674. The van der Waals surface area contributed by atoms with Crippen LogP contribution in [0.5, 0.6) is 0 Å². The summed E-state index contributed by atoms with van der Waals surface area (Å²) in [5, 5.41) is 3.51. The minimum absolute atomic E-state index is 0.120. The summed E-state index contributed by atoms with van der Waals surface area (Å²) >= 11 is 11.8. The number of imide groups is 1. The molecular formula is C13H13Cl2N3O2.